The van der Waals surface area contributed by atoms with E-state index in [1.165, 1.54) is 16.9 Å². The van der Waals surface area contributed by atoms with Crippen molar-refractivity contribution >= 4 is 39.8 Å². The van der Waals surface area contributed by atoms with Gasteiger partial charge in [0.1, 0.15) is 10.7 Å². The second-order valence-corrected chi connectivity index (χ2v) is 7.21. The van der Waals surface area contributed by atoms with Crippen LogP contribution in [0.2, 0.25) is 5.02 Å². The third kappa shape index (κ3) is 4.59. The number of thiazole rings is 1. The Hall–Kier alpha value is -2.44. The number of halogens is 1. The van der Waals surface area contributed by atoms with Crippen molar-refractivity contribution in [3.63, 3.8) is 0 Å². The van der Waals surface area contributed by atoms with Crippen LogP contribution in [0.1, 0.15) is 33.4 Å². The number of aryl methyl sites for hydroxylation is 2. The molecule has 0 atom stereocenters. The normalized spacial score (nSPS) is 10.6. The van der Waals surface area contributed by atoms with Crippen molar-refractivity contribution in [1.82, 2.24) is 15.3 Å². The van der Waals surface area contributed by atoms with Crippen molar-refractivity contribution in [3.8, 4) is 0 Å². The average molecular weight is 387 g/mol. The lowest BCUT2D eigenvalue weighted by molar-refractivity contribution is 0.0954. The molecule has 1 aromatic carbocycles. The SMILES string of the molecule is CCc1ccc(CNC(=O)c2sc(Nc3ccc(Cl)cn3)nc2C)cc1. The molecule has 0 aliphatic carbocycles. The predicted octanol–water partition coefficient (Wildman–Crippen LogP) is 4.74. The van der Waals surface area contributed by atoms with Crippen LogP contribution < -0.4 is 10.6 Å². The summed E-state index contributed by atoms with van der Waals surface area (Å²) < 4.78 is 0. The number of carbonyl (C=O) groups is 1. The van der Waals surface area contributed by atoms with E-state index in [1.807, 2.05) is 19.1 Å². The van der Waals surface area contributed by atoms with Gasteiger partial charge in [0.15, 0.2) is 5.13 Å². The van der Waals surface area contributed by atoms with Crippen molar-refractivity contribution in [2.24, 2.45) is 0 Å². The monoisotopic (exact) mass is 386 g/mol. The zero-order valence-electron chi connectivity index (χ0n) is 14.5. The summed E-state index contributed by atoms with van der Waals surface area (Å²) in [6.45, 7) is 4.43. The van der Waals surface area contributed by atoms with Gasteiger partial charge in [-0.3, -0.25) is 4.79 Å². The molecular formula is C19H19ClN4OS. The Morgan fingerprint density at radius 2 is 1.88 bits per heavy atom. The predicted molar refractivity (Wildman–Crippen MR) is 106 cm³/mol. The van der Waals surface area contributed by atoms with Crippen LogP contribution in [0, 0.1) is 6.92 Å². The van der Waals surface area contributed by atoms with E-state index >= 15 is 0 Å². The van der Waals surface area contributed by atoms with Gasteiger partial charge in [-0.05, 0) is 36.6 Å². The first-order chi connectivity index (χ1) is 12.5. The second kappa shape index (κ2) is 8.29. The van der Waals surface area contributed by atoms with Gasteiger partial charge in [0.05, 0.1) is 10.7 Å². The first kappa shape index (κ1) is 18.4. The number of carbonyl (C=O) groups excluding carboxylic acids is 1. The molecule has 5 nitrogen and oxygen atoms in total. The van der Waals surface area contributed by atoms with Gasteiger partial charge in [-0.1, -0.05) is 54.1 Å². The summed E-state index contributed by atoms with van der Waals surface area (Å²) in [4.78, 5) is 21.6. The van der Waals surface area contributed by atoms with Crippen molar-refractivity contribution < 1.29 is 4.79 Å². The smallest absolute Gasteiger partial charge is 0.263 e. The third-order valence-corrected chi connectivity index (χ3v) is 5.14. The molecule has 2 heterocycles. The Balaban J connectivity index is 1.63. The molecule has 0 spiro atoms. The van der Waals surface area contributed by atoms with Gasteiger partial charge in [0, 0.05) is 12.7 Å². The molecule has 0 aliphatic rings. The zero-order chi connectivity index (χ0) is 18.5. The maximum atomic E-state index is 12.5. The van der Waals surface area contributed by atoms with Crippen LogP contribution >= 0.6 is 22.9 Å². The number of aromatic nitrogens is 2. The topological polar surface area (TPSA) is 66.9 Å². The minimum atomic E-state index is -0.128. The zero-order valence-corrected chi connectivity index (χ0v) is 16.1. The summed E-state index contributed by atoms with van der Waals surface area (Å²) >= 11 is 7.13. The quantitative estimate of drug-likeness (QED) is 0.642. The van der Waals surface area contributed by atoms with E-state index < -0.39 is 0 Å². The fourth-order valence-corrected chi connectivity index (χ4v) is 3.38. The largest absolute Gasteiger partial charge is 0.347 e. The standard InChI is InChI=1S/C19H19ClN4OS/c1-3-13-4-6-14(7-5-13)10-22-18(25)17-12(2)23-19(26-17)24-16-9-8-15(20)11-21-16/h4-9,11H,3,10H2,1-2H3,(H,22,25)(H,21,23,24). The molecule has 0 radical (unpaired) electrons. The van der Waals surface area contributed by atoms with Gasteiger partial charge >= 0.3 is 0 Å². The van der Waals surface area contributed by atoms with Crippen LogP contribution in [-0.4, -0.2) is 15.9 Å². The molecule has 7 heteroatoms. The molecular weight excluding hydrogens is 368 g/mol. The molecule has 0 fully saturated rings. The Morgan fingerprint density at radius 1 is 1.15 bits per heavy atom. The molecule has 134 valence electrons. The van der Waals surface area contributed by atoms with Gasteiger partial charge in [-0.25, -0.2) is 9.97 Å². The third-order valence-electron chi connectivity index (χ3n) is 3.85. The van der Waals surface area contributed by atoms with Crippen molar-refractivity contribution in [2.75, 3.05) is 5.32 Å². The van der Waals surface area contributed by atoms with Crippen LogP contribution in [0.5, 0.6) is 0 Å². The van der Waals surface area contributed by atoms with Crippen LogP contribution in [0.15, 0.2) is 42.6 Å². The van der Waals surface area contributed by atoms with Crippen molar-refractivity contribution in [1.29, 1.82) is 0 Å². The van der Waals surface area contributed by atoms with Crippen molar-refractivity contribution in [2.45, 2.75) is 26.8 Å². The van der Waals surface area contributed by atoms with Gasteiger partial charge in [-0.15, -0.1) is 0 Å². The Morgan fingerprint density at radius 3 is 2.54 bits per heavy atom. The first-order valence-corrected chi connectivity index (χ1v) is 9.46. The van der Waals surface area contributed by atoms with Crippen LogP contribution in [0.4, 0.5) is 10.9 Å². The molecule has 0 unspecified atom stereocenters. The highest BCUT2D eigenvalue weighted by molar-refractivity contribution is 7.17. The molecule has 26 heavy (non-hydrogen) atoms. The van der Waals surface area contributed by atoms with Crippen LogP contribution in [0.25, 0.3) is 0 Å². The van der Waals surface area contributed by atoms with Crippen LogP contribution in [-0.2, 0) is 13.0 Å². The summed E-state index contributed by atoms with van der Waals surface area (Å²) in [5.74, 6) is 0.503. The van der Waals surface area contributed by atoms with E-state index in [-0.39, 0.29) is 5.91 Å². The summed E-state index contributed by atoms with van der Waals surface area (Å²) in [5, 5.41) is 7.23. The lowest BCUT2D eigenvalue weighted by Gasteiger charge is -2.05. The molecule has 2 N–H and O–H groups in total. The fourth-order valence-electron chi connectivity index (χ4n) is 2.38. The van der Waals surface area contributed by atoms with E-state index in [9.17, 15) is 4.79 Å². The van der Waals surface area contributed by atoms with E-state index in [0.717, 1.165) is 12.0 Å². The number of hydrogen-bond donors (Lipinski definition) is 2. The summed E-state index contributed by atoms with van der Waals surface area (Å²) in [6, 6.07) is 11.8. The number of pyridine rings is 1. The van der Waals surface area contributed by atoms with Gasteiger partial charge in [0.25, 0.3) is 5.91 Å². The highest BCUT2D eigenvalue weighted by atomic mass is 35.5. The minimum absolute atomic E-state index is 0.128. The van der Waals surface area contributed by atoms with Gasteiger partial charge in [0.2, 0.25) is 0 Å². The summed E-state index contributed by atoms with van der Waals surface area (Å²) in [6.07, 6.45) is 2.56. The second-order valence-electron chi connectivity index (χ2n) is 5.77. The molecule has 3 rings (SSSR count). The van der Waals surface area contributed by atoms with E-state index in [2.05, 4.69) is 39.7 Å². The molecule has 0 bridgehead atoms. The molecule has 0 saturated heterocycles. The maximum absolute atomic E-state index is 12.5. The molecule has 3 aromatic rings. The fraction of sp³-hybridized carbons (Fsp3) is 0.211. The molecule has 0 aliphatic heterocycles. The Labute approximate surface area is 161 Å². The van der Waals surface area contributed by atoms with Crippen LogP contribution in [0.3, 0.4) is 0 Å². The lowest BCUT2D eigenvalue weighted by atomic mass is 10.1. The molecule has 1 amide bonds. The molecule has 2 aromatic heterocycles. The number of hydrogen-bond acceptors (Lipinski definition) is 5. The average Bonchev–Trinajstić information content (AvgIpc) is 3.02. The minimum Gasteiger partial charge on any atom is -0.347 e. The Bertz CT molecular complexity index is 891. The lowest BCUT2D eigenvalue weighted by Crippen LogP contribution is -2.22. The van der Waals surface area contributed by atoms with E-state index in [0.29, 0.717) is 33.1 Å². The van der Waals surface area contributed by atoms with Gasteiger partial charge in [-0.2, -0.15) is 0 Å². The number of amides is 1. The number of nitrogens with one attached hydrogen (secondary N) is 2. The number of rotatable bonds is 6. The number of anilines is 2. The maximum Gasteiger partial charge on any atom is 0.263 e. The van der Waals surface area contributed by atoms with E-state index in [1.54, 1.807) is 18.3 Å². The number of benzene rings is 1. The summed E-state index contributed by atoms with van der Waals surface area (Å²) in [5.41, 5.74) is 3.04. The Kier molecular flexibility index (Phi) is 5.85. The summed E-state index contributed by atoms with van der Waals surface area (Å²) in [7, 11) is 0. The highest BCUT2D eigenvalue weighted by Gasteiger charge is 2.15. The van der Waals surface area contributed by atoms with Gasteiger partial charge < -0.3 is 10.6 Å². The number of nitrogens with zero attached hydrogens (tertiary/aromatic N) is 2. The van der Waals surface area contributed by atoms with Crippen molar-refractivity contribution in [3.05, 3.63) is 69.3 Å². The van der Waals surface area contributed by atoms with E-state index in [4.69, 9.17) is 11.6 Å². The first-order valence-electron chi connectivity index (χ1n) is 8.27. The highest BCUT2D eigenvalue weighted by Crippen LogP contribution is 2.25. The molecule has 0 saturated carbocycles.